The molecule has 114 valence electrons. The number of rotatable bonds is 6. The van der Waals surface area contributed by atoms with E-state index < -0.39 is 0 Å². The fourth-order valence-electron chi connectivity index (χ4n) is 2.76. The summed E-state index contributed by atoms with van der Waals surface area (Å²) in [4.78, 5) is 26.3. The molecule has 21 heavy (non-hydrogen) atoms. The molecule has 1 aromatic rings. The van der Waals surface area contributed by atoms with Gasteiger partial charge in [-0.05, 0) is 50.1 Å². The summed E-state index contributed by atoms with van der Waals surface area (Å²) in [5, 5.41) is 0. The van der Waals surface area contributed by atoms with Crippen LogP contribution in [0.4, 0.5) is 5.69 Å². The predicted octanol–water partition coefficient (Wildman–Crippen LogP) is 2.71. The van der Waals surface area contributed by atoms with E-state index in [0.717, 1.165) is 24.1 Å². The number of nitrogens with two attached hydrogens (primary N) is 1. The molecule has 2 rings (SSSR count). The minimum Gasteiger partial charge on any atom is -0.330 e. The average Bonchev–Trinajstić information content (AvgIpc) is 2.71. The van der Waals surface area contributed by atoms with Crippen LogP contribution < -0.4 is 10.6 Å². The lowest BCUT2D eigenvalue weighted by Crippen LogP contribution is -2.29. The van der Waals surface area contributed by atoms with Crippen LogP contribution in [0.3, 0.4) is 0 Å². The minimum absolute atomic E-state index is 0.0314. The average molecular weight is 288 g/mol. The summed E-state index contributed by atoms with van der Waals surface area (Å²) in [5.41, 5.74) is 8.13. The van der Waals surface area contributed by atoms with E-state index in [1.54, 1.807) is 0 Å². The van der Waals surface area contributed by atoms with Crippen LogP contribution in [0.5, 0.6) is 0 Å². The second-order valence-corrected chi connectivity index (χ2v) is 6.00. The van der Waals surface area contributed by atoms with Crippen molar-refractivity contribution in [2.75, 3.05) is 18.0 Å². The highest BCUT2D eigenvalue weighted by Gasteiger charge is 2.34. The van der Waals surface area contributed by atoms with E-state index in [1.165, 1.54) is 0 Å². The van der Waals surface area contributed by atoms with Gasteiger partial charge in [-0.2, -0.15) is 0 Å². The lowest BCUT2D eigenvalue weighted by molar-refractivity contribution is -0.119. The van der Waals surface area contributed by atoms with Crippen molar-refractivity contribution in [1.82, 2.24) is 0 Å². The molecule has 1 amide bonds. The molecule has 0 aliphatic carbocycles. The third kappa shape index (κ3) is 3.00. The molecule has 4 nitrogen and oxygen atoms in total. The topological polar surface area (TPSA) is 63.4 Å². The molecule has 0 fully saturated rings. The van der Waals surface area contributed by atoms with Crippen molar-refractivity contribution in [3.63, 3.8) is 0 Å². The summed E-state index contributed by atoms with van der Waals surface area (Å²) >= 11 is 0. The molecule has 0 saturated carbocycles. The molecule has 1 unspecified atom stereocenters. The van der Waals surface area contributed by atoms with Gasteiger partial charge >= 0.3 is 0 Å². The number of hydrogen-bond donors (Lipinski definition) is 1. The predicted molar refractivity (Wildman–Crippen MR) is 84.7 cm³/mol. The Morgan fingerprint density at radius 2 is 2.05 bits per heavy atom. The van der Waals surface area contributed by atoms with Crippen LogP contribution in [0.15, 0.2) is 18.2 Å². The van der Waals surface area contributed by atoms with Gasteiger partial charge in [0.05, 0.1) is 5.92 Å². The summed E-state index contributed by atoms with van der Waals surface area (Å²) in [5.74, 6) is 0.0455. The largest absolute Gasteiger partial charge is 0.330 e. The molecule has 0 radical (unpaired) electrons. The van der Waals surface area contributed by atoms with Gasteiger partial charge in [0, 0.05) is 23.7 Å². The van der Waals surface area contributed by atoms with E-state index in [0.29, 0.717) is 18.7 Å². The maximum Gasteiger partial charge on any atom is 0.234 e. The fraction of sp³-hybridized carbons (Fsp3) is 0.529. The lowest BCUT2D eigenvalue weighted by Gasteiger charge is -2.17. The van der Waals surface area contributed by atoms with Gasteiger partial charge in [0.15, 0.2) is 5.78 Å². The molecule has 0 spiro atoms. The highest BCUT2D eigenvalue weighted by molar-refractivity contribution is 6.06. The van der Waals surface area contributed by atoms with Gasteiger partial charge < -0.3 is 10.6 Å². The number of benzene rings is 1. The number of unbranched alkanes of at least 4 members (excludes halogenated alkanes) is 1. The molecule has 1 atom stereocenters. The summed E-state index contributed by atoms with van der Waals surface area (Å²) in [6.07, 6.45) is 1.82. The zero-order chi connectivity index (χ0) is 15.6. The van der Waals surface area contributed by atoms with Gasteiger partial charge in [0.25, 0.3) is 0 Å². The van der Waals surface area contributed by atoms with E-state index in [-0.39, 0.29) is 23.5 Å². The lowest BCUT2D eigenvalue weighted by atomic mass is 9.95. The second-order valence-electron chi connectivity index (χ2n) is 6.00. The molecule has 0 saturated heterocycles. The molecule has 1 heterocycles. The van der Waals surface area contributed by atoms with Gasteiger partial charge in [-0.1, -0.05) is 13.8 Å². The van der Waals surface area contributed by atoms with Crippen LogP contribution in [-0.4, -0.2) is 24.8 Å². The Hall–Kier alpha value is -1.68. The van der Waals surface area contributed by atoms with Crippen LogP contribution in [0.2, 0.25) is 0 Å². The van der Waals surface area contributed by atoms with E-state index in [9.17, 15) is 9.59 Å². The number of anilines is 1. The van der Waals surface area contributed by atoms with E-state index in [4.69, 9.17) is 5.73 Å². The van der Waals surface area contributed by atoms with Gasteiger partial charge in [-0.15, -0.1) is 0 Å². The zero-order valence-corrected chi connectivity index (χ0v) is 13.1. The number of fused-ring (bicyclic) bond motifs is 1. The summed E-state index contributed by atoms with van der Waals surface area (Å²) in [7, 11) is 0. The Balaban J connectivity index is 2.28. The summed E-state index contributed by atoms with van der Waals surface area (Å²) in [6.45, 7) is 7.04. The Labute approximate surface area is 126 Å². The molecule has 0 bridgehead atoms. The first-order chi connectivity index (χ1) is 9.97. The third-order valence-corrected chi connectivity index (χ3v) is 4.07. The van der Waals surface area contributed by atoms with Crippen molar-refractivity contribution in [2.24, 2.45) is 11.7 Å². The van der Waals surface area contributed by atoms with Crippen LogP contribution >= 0.6 is 0 Å². The quantitative estimate of drug-likeness (QED) is 0.646. The smallest absolute Gasteiger partial charge is 0.234 e. The van der Waals surface area contributed by atoms with E-state index in [2.05, 4.69) is 0 Å². The van der Waals surface area contributed by atoms with Crippen molar-refractivity contribution < 1.29 is 9.59 Å². The molecule has 1 aromatic carbocycles. The van der Waals surface area contributed by atoms with Crippen LogP contribution in [0.25, 0.3) is 0 Å². The van der Waals surface area contributed by atoms with Gasteiger partial charge in [-0.25, -0.2) is 0 Å². The standard InChI is InChI=1S/C17H24N2O2/c1-11(2)16(20)13-6-7-15-14(10-13)12(3)17(21)19(15)9-5-4-8-18/h6-7,10-12H,4-5,8-9,18H2,1-3H3. The summed E-state index contributed by atoms with van der Waals surface area (Å²) in [6, 6.07) is 5.64. The maximum absolute atomic E-state index is 12.4. The van der Waals surface area contributed by atoms with Crippen molar-refractivity contribution >= 4 is 17.4 Å². The minimum atomic E-state index is -0.169. The number of carbonyl (C=O) groups excluding carboxylic acids is 2. The Bertz CT molecular complexity index is 552. The zero-order valence-electron chi connectivity index (χ0n) is 13.1. The molecule has 1 aliphatic rings. The van der Waals surface area contributed by atoms with Gasteiger partial charge in [0.2, 0.25) is 5.91 Å². The maximum atomic E-state index is 12.4. The monoisotopic (exact) mass is 288 g/mol. The van der Waals surface area contributed by atoms with Crippen LogP contribution in [-0.2, 0) is 4.79 Å². The Morgan fingerprint density at radius 3 is 2.67 bits per heavy atom. The first-order valence-corrected chi connectivity index (χ1v) is 7.67. The molecular weight excluding hydrogens is 264 g/mol. The van der Waals surface area contributed by atoms with E-state index in [1.807, 2.05) is 43.9 Å². The molecule has 1 aliphatic heterocycles. The number of nitrogens with zero attached hydrogens (tertiary/aromatic N) is 1. The number of carbonyl (C=O) groups is 2. The van der Waals surface area contributed by atoms with Crippen LogP contribution in [0, 0.1) is 5.92 Å². The number of hydrogen-bond acceptors (Lipinski definition) is 3. The normalized spacial score (nSPS) is 17.5. The number of Topliss-reactive ketones (excluding diaryl/α,β-unsaturated/α-hetero) is 1. The van der Waals surface area contributed by atoms with Gasteiger partial charge in [0.1, 0.15) is 0 Å². The molecular formula is C17H24N2O2. The number of amides is 1. The van der Waals surface area contributed by atoms with Crippen molar-refractivity contribution in [3.8, 4) is 0 Å². The highest BCUT2D eigenvalue weighted by atomic mass is 16.2. The second kappa shape index (κ2) is 6.39. The van der Waals surface area contributed by atoms with Crippen molar-refractivity contribution in [2.45, 2.75) is 39.5 Å². The Kier molecular flexibility index (Phi) is 4.78. The van der Waals surface area contributed by atoms with Crippen molar-refractivity contribution in [3.05, 3.63) is 29.3 Å². The third-order valence-electron chi connectivity index (χ3n) is 4.07. The molecule has 2 N–H and O–H groups in total. The first kappa shape index (κ1) is 15.7. The fourth-order valence-corrected chi connectivity index (χ4v) is 2.76. The highest BCUT2D eigenvalue weighted by Crippen LogP contribution is 2.38. The van der Waals surface area contributed by atoms with E-state index >= 15 is 0 Å². The Morgan fingerprint density at radius 1 is 1.33 bits per heavy atom. The summed E-state index contributed by atoms with van der Waals surface area (Å²) < 4.78 is 0. The van der Waals surface area contributed by atoms with Gasteiger partial charge in [-0.3, -0.25) is 9.59 Å². The molecule has 4 heteroatoms. The first-order valence-electron chi connectivity index (χ1n) is 7.67. The molecule has 0 aromatic heterocycles. The van der Waals surface area contributed by atoms with Crippen molar-refractivity contribution in [1.29, 1.82) is 0 Å². The number of ketones is 1. The van der Waals surface area contributed by atoms with Crippen LogP contribution in [0.1, 0.15) is 55.5 Å². The SMILES string of the molecule is CC(C)C(=O)c1ccc2c(c1)C(C)C(=O)N2CCCCN.